The van der Waals surface area contributed by atoms with Crippen molar-refractivity contribution in [1.29, 1.82) is 0 Å². The Balaban J connectivity index is 2.06. The highest BCUT2D eigenvalue weighted by atomic mass is 19.3. The monoisotopic (exact) mass is 284 g/mol. The lowest BCUT2D eigenvalue weighted by Crippen LogP contribution is -2.45. The van der Waals surface area contributed by atoms with Crippen LogP contribution in [0.15, 0.2) is 24.3 Å². The third-order valence-corrected chi connectivity index (χ3v) is 3.76. The topological polar surface area (TPSA) is 24.5 Å². The van der Waals surface area contributed by atoms with Gasteiger partial charge in [-0.1, -0.05) is 25.1 Å². The van der Waals surface area contributed by atoms with Crippen molar-refractivity contribution in [3.63, 3.8) is 0 Å². The Hall–Kier alpha value is -1.20. The van der Waals surface area contributed by atoms with E-state index in [4.69, 9.17) is 0 Å². The average molecular weight is 284 g/mol. The molecule has 1 saturated heterocycles. The van der Waals surface area contributed by atoms with E-state index in [1.165, 1.54) is 0 Å². The minimum atomic E-state index is -2.78. The molecule has 0 radical (unpaired) electrons. The lowest BCUT2D eigenvalue weighted by atomic mass is 10.0. The van der Waals surface area contributed by atoms with Crippen LogP contribution in [-0.4, -0.2) is 37.2 Å². The molecule has 112 valence electrons. The fourth-order valence-electron chi connectivity index (χ4n) is 2.71. The van der Waals surface area contributed by atoms with E-state index in [9.17, 15) is 8.78 Å². The zero-order chi connectivity index (χ0) is 14.4. The first kappa shape index (κ1) is 15.2. The van der Waals surface area contributed by atoms with E-state index in [1.807, 2.05) is 12.1 Å². The number of piperidine rings is 1. The maximum Gasteiger partial charge on any atom is 0.387 e. The highest BCUT2D eigenvalue weighted by Gasteiger charge is 2.21. The number of hydrogen-bond acceptors (Lipinski definition) is 3. The van der Waals surface area contributed by atoms with E-state index < -0.39 is 6.61 Å². The number of halogens is 2. The van der Waals surface area contributed by atoms with Gasteiger partial charge >= 0.3 is 6.61 Å². The lowest BCUT2D eigenvalue weighted by molar-refractivity contribution is -0.0508. The van der Waals surface area contributed by atoms with Crippen molar-refractivity contribution >= 4 is 0 Å². The van der Waals surface area contributed by atoms with Crippen molar-refractivity contribution in [1.82, 2.24) is 10.2 Å². The van der Waals surface area contributed by atoms with E-state index in [0.29, 0.717) is 12.6 Å². The molecule has 1 aliphatic rings. The predicted molar refractivity (Wildman–Crippen MR) is 75.0 cm³/mol. The Morgan fingerprint density at radius 2 is 2.20 bits per heavy atom. The van der Waals surface area contributed by atoms with Crippen LogP contribution in [0, 0.1) is 0 Å². The normalized spacial score (nSPS) is 19.6. The Labute approximate surface area is 118 Å². The number of likely N-dealkylation sites (N-methyl/N-ethyl adjacent to an activating group) is 1. The van der Waals surface area contributed by atoms with Gasteiger partial charge in [0, 0.05) is 24.7 Å². The third-order valence-electron chi connectivity index (χ3n) is 3.76. The first-order valence-electron chi connectivity index (χ1n) is 7.18. The Kier molecular flexibility index (Phi) is 5.73. The van der Waals surface area contributed by atoms with Crippen molar-refractivity contribution in [2.24, 2.45) is 0 Å². The average Bonchev–Trinajstić information content (AvgIpc) is 2.46. The molecule has 20 heavy (non-hydrogen) atoms. The molecule has 2 rings (SSSR count). The van der Waals surface area contributed by atoms with E-state index >= 15 is 0 Å². The summed E-state index contributed by atoms with van der Waals surface area (Å²) in [5.74, 6) is 0.282. The second kappa shape index (κ2) is 7.55. The summed E-state index contributed by atoms with van der Waals surface area (Å²) in [6.07, 6.45) is 2.31. The number of hydrogen-bond donors (Lipinski definition) is 1. The summed E-state index contributed by atoms with van der Waals surface area (Å²) in [5.41, 5.74) is 0.820. The smallest absolute Gasteiger partial charge is 0.387 e. The van der Waals surface area contributed by atoms with Gasteiger partial charge in [-0.25, -0.2) is 0 Å². The maximum absolute atomic E-state index is 12.4. The predicted octanol–water partition coefficient (Wildman–Crippen LogP) is 2.86. The summed E-state index contributed by atoms with van der Waals surface area (Å²) in [6.45, 7) is 2.90. The molecule has 0 saturated carbocycles. The van der Waals surface area contributed by atoms with Crippen LogP contribution in [0.5, 0.6) is 5.75 Å². The fraction of sp³-hybridized carbons (Fsp3) is 0.600. The number of ether oxygens (including phenoxy) is 1. The van der Waals surface area contributed by atoms with Crippen LogP contribution in [0.25, 0.3) is 0 Å². The van der Waals surface area contributed by atoms with Crippen molar-refractivity contribution in [2.75, 3.05) is 19.6 Å². The van der Waals surface area contributed by atoms with Crippen LogP contribution in [0.4, 0.5) is 8.78 Å². The quantitative estimate of drug-likeness (QED) is 0.869. The van der Waals surface area contributed by atoms with Gasteiger partial charge in [0.25, 0.3) is 0 Å². The molecule has 1 N–H and O–H groups in total. The van der Waals surface area contributed by atoms with E-state index in [0.717, 1.165) is 38.0 Å². The highest BCUT2D eigenvalue weighted by molar-refractivity contribution is 5.33. The van der Waals surface area contributed by atoms with Gasteiger partial charge in [-0.15, -0.1) is 0 Å². The third kappa shape index (κ3) is 4.15. The van der Waals surface area contributed by atoms with Crippen molar-refractivity contribution in [2.45, 2.75) is 39.0 Å². The number of benzene rings is 1. The summed E-state index contributed by atoms with van der Waals surface area (Å²) in [7, 11) is 0. The molecular formula is C15H22F2N2O. The number of para-hydroxylation sites is 1. The number of nitrogens with one attached hydrogen (secondary N) is 1. The van der Waals surface area contributed by atoms with Gasteiger partial charge in [-0.3, -0.25) is 4.90 Å². The van der Waals surface area contributed by atoms with Crippen molar-refractivity contribution in [3.8, 4) is 5.75 Å². The van der Waals surface area contributed by atoms with Gasteiger partial charge in [0.05, 0.1) is 0 Å². The second-order valence-corrected chi connectivity index (χ2v) is 5.05. The molecule has 1 aromatic rings. The van der Waals surface area contributed by atoms with Gasteiger partial charge < -0.3 is 10.1 Å². The minimum absolute atomic E-state index is 0.282. The van der Waals surface area contributed by atoms with Gasteiger partial charge in [0.15, 0.2) is 0 Å². The first-order valence-corrected chi connectivity index (χ1v) is 7.18. The van der Waals surface area contributed by atoms with Crippen LogP contribution in [0.1, 0.15) is 25.3 Å². The molecule has 0 amide bonds. The Morgan fingerprint density at radius 1 is 1.40 bits per heavy atom. The molecule has 3 nitrogen and oxygen atoms in total. The zero-order valence-corrected chi connectivity index (χ0v) is 11.8. The molecule has 1 aliphatic heterocycles. The van der Waals surface area contributed by atoms with Gasteiger partial charge in [0.1, 0.15) is 5.75 Å². The summed E-state index contributed by atoms with van der Waals surface area (Å²) in [6, 6.07) is 7.51. The number of nitrogens with zero attached hydrogens (tertiary/aromatic N) is 1. The van der Waals surface area contributed by atoms with Gasteiger partial charge in [0.2, 0.25) is 0 Å². The van der Waals surface area contributed by atoms with Crippen molar-refractivity contribution < 1.29 is 13.5 Å². The summed E-state index contributed by atoms with van der Waals surface area (Å²) in [4.78, 5) is 2.32. The van der Waals surface area contributed by atoms with Crippen LogP contribution < -0.4 is 10.1 Å². The van der Waals surface area contributed by atoms with Gasteiger partial charge in [-0.05, 0) is 32.0 Å². The molecule has 0 spiro atoms. The highest BCUT2D eigenvalue weighted by Crippen LogP contribution is 2.23. The lowest BCUT2D eigenvalue weighted by Gasteiger charge is -2.34. The molecule has 5 heteroatoms. The molecule has 0 aromatic heterocycles. The SMILES string of the molecule is CCN(Cc1ccccc1OC(F)F)C1CCCNC1. The first-order chi connectivity index (χ1) is 9.70. The molecule has 1 fully saturated rings. The van der Waals surface area contributed by atoms with Crippen LogP contribution in [-0.2, 0) is 6.54 Å². The fourth-order valence-corrected chi connectivity index (χ4v) is 2.71. The Morgan fingerprint density at radius 3 is 2.85 bits per heavy atom. The standard InChI is InChI=1S/C15H22F2N2O/c1-2-19(13-7-5-9-18-10-13)11-12-6-3-4-8-14(12)20-15(16)17/h3-4,6,8,13,15,18H,2,5,7,9-11H2,1H3. The molecule has 0 bridgehead atoms. The molecular weight excluding hydrogens is 262 g/mol. The van der Waals surface area contributed by atoms with E-state index in [1.54, 1.807) is 12.1 Å². The zero-order valence-electron chi connectivity index (χ0n) is 11.8. The summed E-state index contributed by atoms with van der Waals surface area (Å²) in [5, 5.41) is 3.39. The second-order valence-electron chi connectivity index (χ2n) is 5.05. The Bertz CT molecular complexity index is 409. The van der Waals surface area contributed by atoms with E-state index in [2.05, 4.69) is 21.9 Å². The van der Waals surface area contributed by atoms with Crippen LogP contribution in [0.2, 0.25) is 0 Å². The van der Waals surface area contributed by atoms with Crippen LogP contribution >= 0.6 is 0 Å². The van der Waals surface area contributed by atoms with Crippen LogP contribution in [0.3, 0.4) is 0 Å². The van der Waals surface area contributed by atoms with Gasteiger partial charge in [-0.2, -0.15) is 8.78 Å². The summed E-state index contributed by atoms with van der Waals surface area (Å²) >= 11 is 0. The van der Waals surface area contributed by atoms with Crippen molar-refractivity contribution in [3.05, 3.63) is 29.8 Å². The van der Waals surface area contributed by atoms with E-state index in [-0.39, 0.29) is 5.75 Å². The summed E-state index contributed by atoms with van der Waals surface area (Å²) < 4.78 is 29.5. The molecule has 0 aliphatic carbocycles. The number of rotatable bonds is 6. The maximum atomic E-state index is 12.4. The minimum Gasteiger partial charge on any atom is -0.434 e. The largest absolute Gasteiger partial charge is 0.434 e. The molecule has 1 atom stereocenters. The molecule has 1 heterocycles. The molecule has 1 unspecified atom stereocenters. The molecule has 1 aromatic carbocycles. The number of alkyl halides is 2.